The Morgan fingerprint density at radius 3 is 2.15 bits per heavy atom. The molecule has 0 saturated heterocycles. The number of carbonyl (C=O) groups is 3. The molecule has 0 heterocycles. The van der Waals surface area contributed by atoms with Gasteiger partial charge in [0, 0.05) is 23.7 Å². The first kappa shape index (κ1) is 27.7. The SMILES string of the molecule is COc1ccc(C(=O)Nc2ccccc2C(=O)NC(Cc2ccc(O)cc2)C(=O)Nc2cccc(OC)c2)cc1. The highest BCUT2D eigenvalue weighted by Crippen LogP contribution is 2.20. The second kappa shape index (κ2) is 13.0. The third-order valence-electron chi connectivity index (χ3n) is 6.11. The molecule has 40 heavy (non-hydrogen) atoms. The van der Waals surface area contributed by atoms with Crippen LogP contribution in [0.2, 0.25) is 0 Å². The predicted molar refractivity (Wildman–Crippen MR) is 152 cm³/mol. The summed E-state index contributed by atoms with van der Waals surface area (Å²) in [5, 5.41) is 18.0. The van der Waals surface area contributed by atoms with Crippen molar-refractivity contribution in [3.63, 3.8) is 0 Å². The number of carbonyl (C=O) groups excluding carboxylic acids is 3. The summed E-state index contributed by atoms with van der Waals surface area (Å²) in [7, 11) is 3.06. The molecule has 0 aliphatic carbocycles. The van der Waals surface area contributed by atoms with Gasteiger partial charge in [0.15, 0.2) is 0 Å². The minimum atomic E-state index is -0.978. The van der Waals surface area contributed by atoms with E-state index in [0.29, 0.717) is 22.7 Å². The Morgan fingerprint density at radius 1 is 0.750 bits per heavy atom. The number of amides is 3. The van der Waals surface area contributed by atoms with Crippen LogP contribution < -0.4 is 25.4 Å². The maximum atomic E-state index is 13.5. The molecule has 0 spiro atoms. The van der Waals surface area contributed by atoms with E-state index in [0.717, 1.165) is 5.56 Å². The summed E-state index contributed by atoms with van der Waals surface area (Å²) in [4.78, 5) is 39.7. The summed E-state index contributed by atoms with van der Waals surface area (Å²) in [5.74, 6) is -0.127. The Bertz CT molecular complexity index is 1490. The largest absolute Gasteiger partial charge is 0.508 e. The van der Waals surface area contributed by atoms with E-state index in [-0.39, 0.29) is 23.4 Å². The molecular weight excluding hydrogens is 510 g/mol. The smallest absolute Gasteiger partial charge is 0.255 e. The molecular formula is C31H29N3O6. The summed E-state index contributed by atoms with van der Waals surface area (Å²) in [5.41, 5.74) is 2.09. The normalized spacial score (nSPS) is 11.2. The summed E-state index contributed by atoms with van der Waals surface area (Å²) in [6.45, 7) is 0. The molecule has 0 aliphatic rings. The van der Waals surface area contributed by atoms with Gasteiger partial charge in [-0.1, -0.05) is 30.3 Å². The Balaban J connectivity index is 1.55. The van der Waals surface area contributed by atoms with Crippen LogP contribution in [0.15, 0.2) is 97.1 Å². The standard InChI is InChI=1S/C31H29N3O6/c1-39-24-16-12-21(13-17-24)29(36)33-27-9-4-3-8-26(27)30(37)34-28(18-20-10-14-23(35)15-11-20)31(38)32-22-6-5-7-25(19-22)40-2/h3-17,19,28,35H,18H2,1-2H3,(H,32,38)(H,33,36)(H,34,37). The van der Waals surface area contributed by atoms with Crippen molar-refractivity contribution >= 4 is 29.1 Å². The number of aromatic hydroxyl groups is 1. The number of para-hydroxylation sites is 1. The fourth-order valence-electron chi connectivity index (χ4n) is 3.97. The quantitative estimate of drug-likeness (QED) is 0.233. The van der Waals surface area contributed by atoms with Crippen LogP contribution in [0.4, 0.5) is 11.4 Å². The van der Waals surface area contributed by atoms with E-state index in [1.54, 1.807) is 84.9 Å². The van der Waals surface area contributed by atoms with Gasteiger partial charge >= 0.3 is 0 Å². The summed E-state index contributed by atoms with van der Waals surface area (Å²) in [6.07, 6.45) is 0.155. The number of nitrogens with one attached hydrogen (secondary N) is 3. The lowest BCUT2D eigenvalue weighted by molar-refractivity contribution is -0.118. The number of anilines is 2. The molecule has 4 rings (SSSR count). The van der Waals surface area contributed by atoms with Gasteiger partial charge in [0.2, 0.25) is 5.91 Å². The van der Waals surface area contributed by atoms with Gasteiger partial charge in [0.05, 0.1) is 25.5 Å². The molecule has 1 unspecified atom stereocenters. The highest BCUT2D eigenvalue weighted by Gasteiger charge is 2.24. The van der Waals surface area contributed by atoms with Crippen LogP contribution in [0.25, 0.3) is 0 Å². The van der Waals surface area contributed by atoms with E-state index in [4.69, 9.17) is 9.47 Å². The maximum absolute atomic E-state index is 13.5. The van der Waals surface area contributed by atoms with Gasteiger partial charge in [-0.05, 0) is 66.2 Å². The number of hydrogen-bond acceptors (Lipinski definition) is 6. The molecule has 0 fully saturated rings. The fourth-order valence-corrected chi connectivity index (χ4v) is 3.97. The summed E-state index contributed by atoms with van der Waals surface area (Å²) in [6, 6.07) is 25.4. The highest BCUT2D eigenvalue weighted by molar-refractivity contribution is 6.10. The molecule has 3 amide bonds. The molecule has 0 radical (unpaired) electrons. The zero-order valence-electron chi connectivity index (χ0n) is 22.0. The molecule has 4 aromatic carbocycles. The second-order valence-electron chi connectivity index (χ2n) is 8.85. The van der Waals surface area contributed by atoms with Crippen LogP contribution in [-0.2, 0) is 11.2 Å². The molecule has 0 aromatic heterocycles. The van der Waals surface area contributed by atoms with Crippen molar-refractivity contribution in [1.29, 1.82) is 0 Å². The number of rotatable bonds is 10. The molecule has 9 heteroatoms. The minimum Gasteiger partial charge on any atom is -0.508 e. The van der Waals surface area contributed by atoms with Crippen LogP contribution in [0.1, 0.15) is 26.3 Å². The number of benzene rings is 4. The monoisotopic (exact) mass is 539 g/mol. The number of ether oxygens (including phenoxy) is 2. The number of phenolic OH excluding ortho intramolecular Hbond substituents is 1. The number of phenols is 1. The third-order valence-corrected chi connectivity index (χ3v) is 6.11. The van der Waals surface area contributed by atoms with Crippen molar-refractivity contribution in [2.75, 3.05) is 24.9 Å². The lowest BCUT2D eigenvalue weighted by Gasteiger charge is -2.20. The van der Waals surface area contributed by atoms with Crippen molar-refractivity contribution in [1.82, 2.24) is 5.32 Å². The minimum absolute atomic E-state index is 0.0895. The van der Waals surface area contributed by atoms with E-state index in [9.17, 15) is 19.5 Å². The van der Waals surface area contributed by atoms with Crippen LogP contribution in [-0.4, -0.2) is 43.1 Å². The molecule has 9 nitrogen and oxygen atoms in total. The van der Waals surface area contributed by atoms with Crippen molar-refractivity contribution in [2.45, 2.75) is 12.5 Å². The lowest BCUT2D eigenvalue weighted by Crippen LogP contribution is -2.45. The first-order chi connectivity index (χ1) is 19.4. The predicted octanol–water partition coefficient (Wildman–Crippen LogP) is 4.64. The second-order valence-corrected chi connectivity index (χ2v) is 8.85. The first-order valence-corrected chi connectivity index (χ1v) is 12.4. The van der Waals surface area contributed by atoms with E-state index in [2.05, 4.69) is 16.0 Å². The van der Waals surface area contributed by atoms with Gasteiger partial charge in [-0.25, -0.2) is 0 Å². The van der Waals surface area contributed by atoms with Crippen LogP contribution >= 0.6 is 0 Å². The van der Waals surface area contributed by atoms with Gasteiger partial charge in [-0.2, -0.15) is 0 Å². The van der Waals surface area contributed by atoms with Crippen molar-refractivity contribution in [2.24, 2.45) is 0 Å². The molecule has 0 saturated carbocycles. The molecule has 4 aromatic rings. The molecule has 4 N–H and O–H groups in total. The lowest BCUT2D eigenvalue weighted by atomic mass is 10.0. The fraction of sp³-hybridized carbons (Fsp3) is 0.129. The van der Waals surface area contributed by atoms with Crippen molar-refractivity contribution in [3.8, 4) is 17.2 Å². The molecule has 0 bridgehead atoms. The first-order valence-electron chi connectivity index (χ1n) is 12.4. The molecule has 0 aliphatic heterocycles. The zero-order valence-corrected chi connectivity index (χ0v) is 22.0. The number of hydrogen-bond donors (Lipinski definition) is 4. The average molecular weight is 540 g/mol. The molecule has 204 valence electrons. The van der Waals surface area contributed by atoms with E-state index in [1.165, 1.54) is 26.4 Å². The Labute approximate surface area is 231 Å². The van der Waals surface area contributed by atoms with E-state index < -0.39 is 23.8 Å². The van der Waals surface area contributed by atoms with Gasteiger partial charge in [-0.3, -0.25) is 14.4 Å². The Kier molecular flexibility index (Phi) is 8.99. The van der Waals surface area contributed by atoms with Gasteiger partial charge in [-0.15, -0.1) is 0 Å². The van der Waals surface area contributed by atoms with Crippen LogP contribution in [0, 0.1) is 0 Å². The van der Waals surface area contributed by atoms with E-state index >= 15 is 0 Å². The average Bonchev–Trinajstić information content (AvgIpc) is 2.98. The summed E-state index contributed by atoms with van der Waals surface area (Å²) < 4.78 is 10.4. The zero-order chi connectivity index (χ0) is 28.5. The van der Waals surface area contributed by atoms with Crippen LogP contribution in [0.5, 0.6) is 17.2 Å². The maximum Gasteiger partial charge on any atom is 0.255 e. The summed E-state index contributed by atoms with van der Waals surface area (Å²) >= 11 is 0. The Morgan fingerprint density at radius 2 is 1.45 bits per heavy atom. The van der Waals surface area contributed by atoms with Gasteiger partial charge < -0.3 is 30.5 Å². The van der Waals surface area contributed by atoms with Crippen molar-refractivity contribution < 1.29 is 29.0 Å². The van der Waals surface area contributed by atoms with Crippen molar-refractivity contribution in [3.05, 3.63) is 114 Å². The number of methoxy groups -OCH3 is 2. The molecule has 1 atom stereocenters. The van der Waals surface area contributed by atoms with E-state index in [1.807, 2.05) is 0 Å². The topological polar surface area (TPSA) is 126 Å². The van der Waals surface area contributed by atoms with Crippen LogP contribution in [0.3, 0.4) is 0 Å². The highest BCUT2D eigenvalue weighted by atomic mass is 16.5. The Hall–Kier alpha value is -5.31. The third kappa shape index (κ3) is 7.16. The van der Waals surface area contributed by atoms with Gasteiger partial charge in [0.25, 0.3) is 11.8 Å². The van der Waals surface area contributed by atoms with Gasteiger partial charge in [0.1, 0.15) is 23.3 Å².